The van der Waals surface area contributed by atoms with Gasteiger partial charge in [-0.25, -0.2) is 4.98 Å². The van der Waals surface area contributed by atoms with Crippen molar-refractivity contribution in [3.8, 4) is 22.4 Å². The van der Waals surface area contributed by atoms with Gasteiger partial charge in [-0.05, 0) is 37.9 Å². The molecule has 1 N–H and O–H groups in total. The fraction of sp³-hybridized carbons (Fsp3) is 0. The molecule has 9 heteroatoms. The first kappa shape index (κ1) is 11.1. The Balaban J connectivity index is 2.00. The third-order valence-electron chi connectivity index (χ3n) is 1.91. The highest BCUT2D eigenvalue weighted by atomic mass is 79.9. The number of nitrogens with zero attached hydrogens (tertiary/aromatic N) is 4. The molecule has 86 valence electrons. The third-order valence-corrected chi connectivity index (χ3v) is 5.15. The van der Waals surface area contributed by atoms with Crippen LogP contribution in [0.4, 0.5) is 0 Å². The van der Waals surface area contributed by atoms with Crippen molar-refractivity contribution in [3.05, 3.63) is 20.7 Å². The summed E-state index contributed by atoms with van der Waals surface area (Å²) in [5, 5.41) is 10.2. The second kappa shape index (κ2) is 4.31. The molecule has 3 aromatic heterocycles. The van der Waals surface area contributed by atoms with Crippen LogP contribution >= 0.6 is 43.2 Å². The summed E-state index contributed by atoms with van der Waals surface area (Å²) in [6.45, 7) is 0. The maximum Gasteiger partial charge on any atom is 0.268 e. The highest BCUT2D eigenvalue weighted by molar-refractivity contribution is 9.13. The number of nitrogens with one attached hydrogen (secondary N) is 1. The van der Waals surface area contributed by atoms with E-state index in [1.807, 2.05) is 6.07 Å². The molecule has 0 saturated carbocycles. The average molecular weight is 377 g/mol. The van der Waals surface area contributed by atoms with E-state index in [-0.39, 0.29) is 0 Å². The van der Waals surface area contributed by atoms with Gasteiger partial charge in [-0.1, -0.05) is 5.16 Å². The van der Waals surface area contributed by atoms with Gasteiger partial charge in [0.05, 0.1) is 8.66 Å². The van der Waals surface area contributed by atoms with Crippen molar-refractivity contribution < 1.29 is 4.52 Å². The Morgan fingerprint density at radius 3 is 2.88 bits per heavy atom. The van der Waals surface area contributed by atoms with E-state index in [0.717, 1.165) is 13.1 Å². The van der Waals surface area contributed by atoms with E-state index < -0.39 is 0 Å². The first-order valence-electron chi connectivity index (χ1n) is 4.38. The van der Waals surface area contributed by atoms with E-state index >= 15 is 0 Å². The Morgan fingerprint density at radius 2 is 2.24 bits per heavy atom. The smallest absolute Gasteiger partial charge is 0.268 e. The van der Waals surface area contributed by atoms with Crippen LogP contribution in [0, 0.1) is 0 Å². The summed E-state index contributed by atoms with van der Waals surface area (Å²) in [5.74, 6) is 1.32. The summed E-state index contributed by atoms with van der Waals surface area (Å²) in [5.41, 5.74) is 0. The van der Waals surface area contributed by atoms with E-state index in [0.29, 0.717) is 17.5 Å². The lowest BCUT2D eigenvalue weighted by Crippen LogP contribution is -1.82. The summed E-state index contributed by atoms with van der Waals surface area (Å²) in [6, 6.07) is 1.91. The second-order valence-corrected chi connectivity index (χ2v) is 6.21. The zero-order chi connectivity index (χ0) is 11.8. The molecule has 0 radical (unpaired) electrons. The number of hydrogen-bond acceptors (Lipinski definition) is 6. The van der Waals surface area contributed by atoms with Crippen LogP contribution in [-0.2, 0) is 0 Å². The Bertz CT molecular complexity index is 627. The highest BCUT2D eigenvalue weighted by Crippen LogP contribution is 2.37. The van der Waals surface area contributed by atoms with E-state index in [9.17, 15) is 0 Å². The molecule has 17 heavy (non-hydrogen) atoms. The van der Waals surface area contributed by atoms with Gasteiger partial charge in [-0.2, -0.15) is 10.1 Å². The molecule has 0 fully saturated rings. The van der Waals surface area contributed by atoms with Crippen molar-refractivity contribution in [1.29, 1.82) is 0 Å². The Hall–Kier alpha value is -1.06. The number of thiophene rings is 1. The van der Waals surface area contributed by atoms with Gasteiger partial charge < -0.3 is 4.52 Å². The normalized spacial score (nSPS) is 10.9. The third kappa shape index (κ3) is 2.05. The Labute approximate surface area is 116 Å². The highest BCUT2D eigenvalue weighted by Gasteiger charge is 2.15. The van der Waals surface area contributed by atoms with E-state index in [1.54, 1.807) is 0 Å². The van der Waals surface area contributed by atoms with Gasteiger partial charge in [-0.3, -0.25) is 5.10 Å². The molecule has 3 aromatic rings. The fourth-order valence-electron chi connectivity index (χ4n) is 1.18. The zero-order valence-corrected chi connectivity index (χ0v) is 12.0. The lowest BCUT2D eigenvalue weighted by atomic mass is 10.5. The van der Waals surface area contributed by atoms with Crippen LogP contribution < -0.4 is 0 Å². The predicted molar refractivity (Wildman–Crippen MR) is 68.4 cm³/mol. The minimum atomic E-state index is 0.387. The molecule has 6 nitrogen and oxygen atoms in total. The van der Waals surface area contributed by atoms with Crippen LogP contribution in [0.2, 0.25) is 0 Å². The molecule has 0 saturated heterocycles. The molecule has 0 atom stereocenters. The van der Waals surface area contributed by atoms with Crippen molar-refractivity contribution in [2.24, 2.45) is 0 Å². The predicted octanol–water partition coefficient (Wildman–Crippen LogP) is 3.11. The molecular weight excluding hydrogens is 374 g/mol. The number of hydrogen-bond donors (Lipinski definition) is 1. The maximum absolute atomic E-state index is 5.16. The molecule has 3 heterocycles. The number of H-pyrrole nitrogens is 1. The lowest BCUT2D eigenvalue weighted by molar-refractivity contribution is 0.433. The average Bonchev–Trinajstić information content (AvgIpc) is 3.00. The largest absolute Gasteiger partial charge is 0.333 e. The van der Waals surface area contributed by atoms with E-state index in [2.05, 4.69) is 57.2 Å². The fourth-order valence-corrected chi connectivity index (χ4v) is 3.14. The van der Waals surface area contributed by atoms with Crippen molar-refractivity contribution in [2.75, 3.05) is 0 Å². The van der Waals surface area contributed by atoms with Gasteiger partial charge in [-0.15, -0.1) is 11.3 Å². The SMILES string of the molecule is Brc1cc(-c2nc(-c3ncn[nH]3)no2)sc1Br. The van der Waals surface area contributed by atoms with Crippen molar-refractivity contribution in [2.45, 2.75) is 0 Å². The minimum Gasteiger partial charge on any atom is -0.333 e. The quantitative estimate of drug-likeness (QED) is 0.743. The molecule has 0 aliphatic carbocycles. The molecular formula is C8H3Br2N5OS. The molecule has 0 bridgehead atoms. The van der Waals surface area contributed by atoms with E-state index in [4.69, 9.17) is 4.52 Å². The standard InChI is InChI=1S/C8H3Br2N5OS/c9-3-1-4(17-5(3)10)8-13-7(15-16-8)6-11-2-12-14-6/h1-2H,(H,11,12,14). The van der Waals surface area contributed by atoms with Gasteiger partial charge in [0.2, 0.25) is 5.82 Å². The van der Waals surface area contributed by atoms with Gasteiger partial charge in [0, 0.05) is 4.47 Å². The molecule has 3 rings (SSSR count). The van der Waals surface area contributed by atoms with Gasteiger partial charge in [0.25, 0.3) is 5.89 Å². The minimum absolute atomic E-state index is 0.387. The summed E-state index contributed by atoms with van der Waals surface area (Å²) in [6.07, 6.45) is 1.39. The summed E-state index contributed by atoms with van der Waals surface area (Å²) in [7, 11) is 0. The van der Waals surface area contributed by atoms with Gasteiger partial charge >= 0.3 is 0 Å². The molecule has 0 aromatic carbocycles. The molecule has 0 unspecified atom stereocenters. The topological polar surface area (TPSA) is 80.5 Å². The van der Waals surface area contributed by atoms with Crippen LogP contribution in [0.3, 0.4) is 0 Å². The number of rotatable bonds is 2. The van der Waals surface area contributed by atoms with Gasteiger partial charge in [0.1, 0.15) is 6.33 Å². The Kier molecular flexibility index (Phi) is 2.81. The molecule has 0 aliphatic heterocycles. The molecule has 0 amide bonds. The maximum atomic E-state index is 5.16. The molecule has 0 spiro atoms. The first-order chi connectivity index (χ1) is 8.24. The van der Waals surface area contributed by atoms with Crippen molar-refractivity contribution in [3.63, 3.8) is 0 Å². The number of aromatic amines is 1. The summed E-state index contributed by atoms with van der Waals surface area (Å²) in [4.78, 5) is 9.06. The second-order valence-electron chi connectivity index (χ2n) is 2.99. The monoisotopic (exact) mass is 375 g/mol. The van der Waals surface area contributed by atoms with Crippen LogP contribution in [0.5, 0.6) is 0 Å². The Morgan fingerprint density at radius 1 is 1.35 bits per heavy atom. The molecule has 0 aliphatic rings. The number of halogens is 2. The summed E-state index contributed by atoms with van der Waals surface area (Å²) >= 11 is 8.32. The van der Waals surface area contributed by atoms with Crippen LogP contribution in [0.15, 0.2) is 25.2 Å². The lowest BCUT2D eigenvalue weighted by Gasteiger charge is -1.83. The van der Waals surface area contributed by atoms with E-state index in [1.165, 1.54) is 17.7 Å². The summed E-state index contributed by atoms with van der Waals surface area (Å²) < 4.78 is 7.10. The number of aromatic nitrogens is 5. The zero-order valence-electron chi connectivity index (χ0n) is 8.02. The van der Waals surface area contributed by atoms with Crippen molar-refractivity contribution in [1.82, 2.24) is 25.3 Å². The van der Waals surface area contributed by atoms with Crippen LogP contribution in [-0.4, -0.2) is 25.3 Å². The van der Waals surface area contributed by atoms with Gasteiger partial charge in [0.15, 0.2) is 5.82 Å². The first-order valence-corrected chi connectivity index (χ1v) is 6.79. The van der Waals surface area contributed by atoms with Crippen LogP contribution in [0.1, 0.15) is 0 Å². The van der Waals surface area contributed by atoms with Crippen molar-refractivity contribution >= 4 is 43.2 Å². The van der Waals surface area contributed by atoms with Crippen LogP contribution in [0.25, 0.3) is 22.4 Å².